The number of nitriles is 1. The number of para-hydroxylation sites is 1. The molecule has 0 aliphatic heterocycles. The first-order valence-electron chi connectivity index (χ1n) is 6.01. The van der Waals surface area contributed by atoms with Gasteiger partial charge in [0.05, 0.1) is 23.0 Å². The fourth-order valence-electron chi connectivity index (χ4n) is 1.66. The Morgan fingerprint density at radius 1 is 1.16 bits per heavy atom. The van der Waals surface area contributed by atoms with Crippen molar-refractivity contribution < 1.29 is 4.74 Å². The van der Waals surface area contributed by atoms with Crippen LogP contribution in [0.3, 0.4) is 0 Å². The molecule has 0 aliphatic carbocycles. The molecule has 0 spiro atoms. The number of ether oxygens (including phenoxy) is 1. The van der Waals surface area contributed by atoms with Crippen molar-refractivity contribution in [1.82, 2.24) is 0 Å². The minimum atomic E-state index is 0.545. The highest BCUT2D eigenvalue weighted by Crippen LogP contribution is 2.19. The van der Waals surface area contributed by atoms with E-state index in [-0.39, 0.29) is 0 Å². The summed E-state index contributed by atoms with van der Waals surface area (Å²) in [4.78, 5) is 0. The molecule has 0 fully saturated rings. The van der Waals surface area contributed by atoms with Crippen LogP contribution in [0.2, 0.25) is 0 Å². The van der Waals surface area contributed by atoms with Gasteiger partial charge in [-0.15, -0.1) is 0 Å². The minimum absolute atomic E-state index is 0.545. The third-order valence-electron chi connectivity index (χ3n) is 2.61. The van der Waals surface area contributed by atoms with Crippen LogP contribution in [-0.4, -0.2) is 13.2 Å². The Bertz CT molecular complexity index is 576. The van der Waals surface area contributed by atoms with Crippen LogP contribution >= 0.6 is 0 Å². The van der Waals surface area contributed by atoms with Crippen LogP contribution in [-0.2, 0) is 0 Å². The monoisotopic (exact) mass is 253 g/mol. The lowest BCUT2D eigenvalue weighted by atomic mass is 10.2. The van der Waals surface area contributed by atoms with Crippen molar-refractivity contribution in [1.29, 1.82) is 5.26 Å². The van der Waals surface area contributed by atoms with Gasteiger partial charge < -0.3 is 15.8 Å². The maximum absolute atomic E-state index is 8.75. The molecular formula is C15H15N3O. The van der Waals surface area contributed by atoms with Gasteiger partial charge in [-0.2, -0.15) is 5.26 Å². The van der Waals surface area contributed by atoms with Gasteiger partial charge in [-0.25, -0.2) is 0 Å². The maximum atomic E-state index is 8.75. The van der Waals surface area contributed by atoms with Gasteiger partial charge >= 0.3 is 0 Å². The second-order valence-electron chi connectivity index (χ2n) is 4.00. The molecule has 2 rings (SSSR count). The predicted octanol–water partition coefficient (Wildman–Crippen LogP) is 2.63. The number of hydrogen-bond donors (Lipinski definition) is 2. The summed E-state index contributed by atoms with van der Waals surface area (Å²) in [7, 11) is 0. The van der Waals surface area contributed by atoms with Crippen molar-refractivity contribution in [2.75, 3.05) is 24.2 Å². The normalized spacial score (nSPS) is 9.63. The SMILES string of the molecule is N#Cc1ccc(NCCOc2ccccc2)c(N)c1. The lowest BCUT2D eigenvalue weighted by Gasteiger charge is -2.10. The van der Waals surface area contributed by atoms with E-state index in [1.54, 1.807) is 18.2 Å². The van der Waals surface area contributed by atoms with Gasteiger partial charge in [-0.1, -0.05) is 18.2 Å². The average Bonchev–Trinajstić information content (AvgIpc) is 2.46. The summed E-state index contributed by atoms with van der Waals surface area (Å²) >= 11 is 0. The first kappa shape index (κ1) is 12.8. The standard InChI is InChI=1S/C15H15N3O/c16-11-12-6-7-15(14(17)10-12)18-8-9-19-13-4-2-1-3-5-13/h1-7,10,18H,8-9,17H2. The molecule has 0 aliphatic rings. The van der Waals surface area contributed by atoms with Crippen LogP contribution in [0.15, 0.2) is 48.5 Å². The van der Waals surface area contributed by atoms with E-state index in [4.69, 9.17) is 15.7 Å². The van der Waals surface area contributed by atoms with E-state index in [9.17, 15) is 0 Å². The molecule has 0 amide bonds. The van der Waals surface area contributed by atoms with Crippen LogP contribution in [0.4, 0.5) is 11.4 Å². The number of nitrogens with zero attached hydrogens (tertiary/aromatic N) is 1. The number of anilines is 2. The van der Waals surface area contributed by atoms with Crippen molar-refractivity contribution >= 4 is 11.4 Å². The first-order chi connectivity index (χ1) is 9.29. The Morgan fingerprint density at radius 2 is 1.95 bits per heavy atom. The molecule has 0 aromatic heterocycles. The summed E-state index contributed by atoms with van der Waals surface area (Å²) in [6, 6.07) is 16.9. The second-order valence-corrected chi connectivity index (χ2v) is 4.00. The summed E-state index contributed by atoms with van der Waals surface area (Å²) in [6.07, 6.45) is 0. The predicted molar refractivity (Wildman–Crippen MR) is 76.0 cm³/mol. The summed E-state index contributed by atoms with van der Waals surface area (Å²) < 4.78 is 5.56. The van der Waals surface area contributed by atoms with Gasteiger partial charge in [0.25, 0.3) is 0 Å². The Hall–Kier alpha value is -2.67. The second kappa shape index (κ2) is 6.31. The molecule has 19 heavy (non-hydrogen) atoms. The molecule has 2 aromatic carbocycles. The molecule has 0 atom stereocenters. The van der Waals surface area contributed by atoms with E-state index < -0.39 is 0 Å². The topological polar surface area (TPSA) is 71.1 Å². The van der Waals surface area contributed by atoms with Gasteiger partial charge in [0.1, 0.15) is 12.4 Å². The summed E-state index contributed by atoms with van der Waals surface area (Å²) in [5.74, 6) is 0.845. The third-order valence-corrected chi connectivity index (χ3v) is 2.61. The van der Waals surface area contributed by atoms with Crippen molar-refractivity contribution in [3.63, 3.8) is 0 Å². The van der Waals surface area contributed by atoms with Crippen molar-refractivity contribution in [3.8, 4) is 11.8 Å². The Morgan fingerprint density at radius 3 is 2.63 bits per heavy atom. The highest BCUT2D eigenvalue weighted by Gasteiger charge is 2.00. The number of nitrogens with two attached hydrogens (primary N) is 1. The van der Waals surface area contributed by atoms with Crippen molar-refractivity contribution in [2.45, 2.75) is 0 Å². The molecule has 0 unspecified atom stereocenters. The largest absolute Gasteiger partial charge is 0.492 e. The number of nitrogen functional groups attached to an aromatic ring is 1. The number of rotatable bonds is 5. The van der Waals surface area contributed by atoms with E-state index in [0.29, 0.717) is 24.4 Å². The number of hydrogen-bond acceptors (Lipinski definition) is 4. The molecule has 0 heterocycles. The van der Waals surface area contributed by atoms with Gasteiger partial charge in [-0.3, -0.25) is 0 Å². The van der Waals surface area contributed by atoms with Crippen LogP contribution in [0, 0.1) is 11.3 Å². The number of nitrogens with one attached hydrogen (secondary N) is 1. The highest BCUT2D eigenvalue weighted by atomic mass is 16.5. The molecule has 2 aromatic rings. The third kappa shape index (κ3) is 3.65. The lowest BCUT2D eigenvalue weighted by molar-refractivity contribution is 0.333. The first-order valence-corrected chi connectivity index (χ1v) is 6.01. The molecule has 0 saturated carbocycles. The van der Waals surface area contributed by atoms with E-state index in [0.717, 1.165) is 11.4 Å². The van der Waals surface area contributed by atoms with E-state index >= 15 is 0 Å². The van der Waals surface area contributed by atoms with E-state index in [1.165, 1.54) is 0 Å². The fraction of sp³-hybridized carbons (Fsp3) is 0.133. The highest BCUT2D eigenvalue weighted by molar-refractivity contribution is 5.68. The summed E-state index contributed by atoms with van der Waals surface area (Å²) in [6.45, 7) is 1.19. The zero-order chi connectivity index (χ0) is 13.5. The quantitative estimate of drug-likeness (QED) is 0.634. The molecule has 4 nitrogen and oxygen atoms in total. The molecule has 0 radical (unpaired) electrons. The van der Waals surface area contributed by atoms with Crippen LogP contribution in [0.25, 0.3) is 0 Å². The average molecular weight is 253 g/mol. The van der Waals surface area contributed by atoms with Gasteiger partial charge in [-0.05, 0) is 30.3 Å². The molecule has 3 N–H and O–H groups in total. The Labute approximate surface area is 112 Å². The van der Waals surface area contributed by atoms with Crippen molar-refractivity contribution in [3.05, 3.63) is 54.1 Å². The number of benzene rings is 2. The smallest absolute Gasteiger partial charge is 0.119 e. The van der Waals surface area contributed by atoms with E-state index in [2.05, 4.69) is 11.4 Å². The zero-order valence-corrected chi connectivity index (χ0v) is 10.5. The van der Waals surface area contributed by atoms with E-state index in [1.807, 2.05) is 30.3 Å². The van der Waals surface area contributed by atoms with Crippen LogP contribution in [0.5, 0.6) is 5.75 Å². The minimum Gasteiger partial charge on any atom is -0.492 e. The lowest BCUT2D eigenvalue weighted by Crippen LogP contribution is -2.12. The van der Waals surface area contributed by atoms with Gasteiger partial charge in [0.15, 0.2) is 0 Å². The Balaban J connectivity index is 1.82. The van der Waals surface area contributed by atoms with Crippen LogP contribution in [0.1, 0.15) is 5.56 Å². The zero-order valence-electron chi connectivity index (χ0n) is 10.5. The fourth-order valence-corrected chi connectivity index (χ4v) is 1.66. The molecule has 0 saturated heterocycles. The Kier molecular flexibility index (Phi) is 4.25. The molecular weight excluding hydrogens is 238 g/mol. The molecule has 0 bridgehead atoms. The van der Waals surface area contributed by atoms with Crippen molar-refractivity contribution in [2.24, 2.45) is 0 Å². The van der Waals surface area contributed by atoms with Gasteiger partial charge in [0, 0.05) is 6.54 Å². The van der Waals surface area contributed by atoms with Gasteiger partial charge in [0.2, 0.25) is 0 Å². The summed E-state index contributed by atoms with van der Waals surface area (Å²) in [5, 5.41) is 11.9. The maximum Gasteiger partial charge on any atom is 0.119 e. The van der Waals surface area contributed by atoms with Crippen LogP contribution < -0.4 is 15.8 Å². The molecule has 96 valence electrons. The molecule has 4 heteroatoms. The summed E-state index contributed by atoms with van der Waals surface area (Å²) in [5.41, 5.74) is 7.78.